The standard InChI is InChI=1S/C12H12N4OS/c13-5-9-1-2-14-6-11(9)17-7-10-8-18-12-15-3-4-16(10)12/h1-4,6,8H,5,7,13H2. The van der Waals surface area contributed by atoms with Gasteiger partial charge >= 0.3 is 0 Å². The van der Waals surface area contributed by atoms with Crippen LogP contribution in [0.5, 0.6) is 5.75 Å². The highest BCUT2D eigenvalue weighted by Gasteiger charge is 2.06. The third-order valence-electron chi connectivity index (χ3n) is 2.68. The van der Waals surface area contributed by atoms with E-state index in [0.29, 0.717) is 13.2 Å². The van der Waals surface area contributed by atoms with Gasteiger partial charge in [0.25, 0.3) is 0 Å². The van der Waals surface area contributed by atoms with Crippen molar-refractivity contribution in [2.45, 2.75) is 13.2 Å². The lowest BCUT2D eigenvalue weighted by Gasteiger charge is -2.08. The molecule has 6 heteroatoms. The maximum Gasteiger partial charge on any atom is 0.193 e. The van der Waals surface area contributed by atoms with Crippen molar-refractivity contribution in [2.24, 2.45) is 5.73 Å². The number of pyridine rings is 1. The highest BCUT2D eigenvalue weighted by atomic mass is 32.1. The summed E-state index contributed by atoms with van der Waals surface area (Å²) in [5.74, 6) is 0.736. The Hall–Kier alpha value is -1.92. The first-order chi connectivity index (χ1) is 8.88. The molecule has 0 saturated heterocycles. The van der Waals surface area contributed by atoms with Crippen molar-refractivity contribution >= 4 is 16.3 Å². The Balaban J connectivity index is 1.80. The summed E-state index contributed by atoms with van der Waals surface area (Å²) in [6.07, 6.45) is 7.12. The molecule has 3 aromatic heterocycles. The molecular formula is C12H12N4OS. The molecule has 0 saturated carbocycles. The van der Waals surface area contributed by atoms with Gasteiger partial charge in [0.2, 0.25) is 0 Å². The summed E-state index contributed by atoms with van der Waals surface area (Å²) in [7, 11) is 0. The smallest absolute Gasteiger partial charge is 0.193 e. The lowest BCUT2D eigenvalue weighted by Crippen LogP contribution is -2.04. The Morgan fingerprint density at radius 2 is 2.33 bits per heavy atom. The molecule has 0 radical (unpaired) electrons. The fraction of sp³-hybridized carbons (Fsp3) is 0.167. The van der Waals surface area contributed by atoms with Gasteiger partial charge in [-0.2, -0.15) is 0 Å². The van der Waals surface area contributed by atoms with Crippen LogP contribution in [0.25, 0.3) is 4.96 Å². The van der Waals surface area contributed by atoms with Gasteiger partial charge in [-0.25, -0.2) is 4.98 Å². The molecule has 0 bridgehead atoms. The van der Waals surface area contributed by atoms with Crippen molar-refractivity contribution in [1.82, 2.24) is 14.4 Å². The molecule has 0 aromatic carbocycles. The molecule has 92 valence electrons. The molecule has 18 heavy (non-hydrogen) atoms. The van der Waals surface area contributed by atoms with Gasteiger partial charge in [-0.15, -0.1) is 11.3 Å². The van der Waals surface area contributed by atoms with Crippen LogP contribution in [0.2, 0.25) is 0 Å². The van der Waals surface area contributed by atoms with Crippen LogP contribution in [0, 0.1) is 0 Å². The molecule has 5 nitrogen and oxygen atoms in total. The van der Waals surface area contributed by atoms with Gasteiger partial charge in [0.05, 0.1) is 11.9 Å². The van der Waals surface area contributed by atoms with E-state index in [1.165, 1.54) is 0 Å². The van der Waals surface area contributed by atoms with Crippen molar-refractivity contribution in [3.63, 3.8) is 0 Å². The fourth-order valence-electron chi connectivity index (χ4n) is 1.74. The predicted octanol–water partition coefficient (Wildman–Crippen LogP) is 1.83. The van der Waals surface area contributed by atoms with Crippen molar-refractivity contribution < 1.29 is 4.74 Å². The molecule has 3 heterocycles. The second kappa shape index (κ2) is 4.75. The van der Waals surface area contributed by atoms with Crippen molar-refractivity contribution in [2.75, 3.05) is 0 Å². The van der Waals surface area contributed by atoms with Gasteiger partial charge < -0.3 is 10.5 Å². The summed E-state index contributed by atoms with van der Waals surface area (Å²) < 4.78 is 7.78. The molecule has 0 fully saturated rings. The monoisotopic (exact) mass is 260 g/mol. The van der Waals surface area contributed by atoms with Crippen LogP contribution in [0.1, 0.15) is 11.3 Å². The summed E-state index contributed by atoms with van der Waals surface area (Å²) in [5, 5.41) is 2.04. The third kappa shape index (κ3) is 1.96. The maximum atomic E-state index is 5.77. The summed E-state index contributed by atoms with van der Waals surface area (Å²) in [6, 6.07) is 1.87. The van der Waals surface area contributed by atoms with Crippen molar-refractivity contribution in [1.29, 1.82) is 0 Å². The predicted molar refractivity (Wildman–Crippen MR) is 69.5 cm³/mol. The largest absolute Gasteiger partial charge is 0.485 e. The van der Waals surface area contributed by atoms with Gasteiger partial charge in [0.1, 0.15) is 12.4 Å². The van der Waals surface area contributed by atoms with Crippen LogP contribution in [0.3, 0.4) is 0 Å². The van der Waals surface area contributed by atoms with E-state index in [1.54, 1.807) is 29.9 Å². The normalized spacial score (nSPS) is 10.9. The van der Waals surface area contributed by atoms with E-state index in [0.717, 1.165) is 22.0 Å². The van der Waals surface area contributed by atoms with E-state index >= 15 is 0 Å². The van der Waals surface area contributed by atoms with Crippen LogP contribution in [-0.2, 0) is 13.2 Å². The maximum absolute atomic E-state index is 5.77. The molecule has 0 aliphatic heterocycles. The first-order valence-corrected chi connectivity index (χ1v) is 6.41. The van der Waals surface area contributed by atoms with E-state index in [1.807, 2.05) is 22.0 Å². The number of nitrogens with zero attached hydrogens (tertiary/aromatic N) is 3. The highest BCUT2D eigenvalue weighted by Crippen LogP contribution is 2.19. The summed E-state index contributed by atoms with van der Waals surface area (Å²) >= 11 is 1.60. The molecule has 0 unspecified atom stereocenters. The minimum absolute atomic E-state index is 0.446. The zero-order chi connectivity index (χ0) is 12.4. The summed E-state index contributed by atoms with van der Waals surface area (Å²) in [5.41, 5.74) is 7.68. The SMILES string of the molecule is NCc1ccncc1OCc1csc2nccn12. The van der Waals surface area contributed by atoms with Gasteiger partial charge in [-0.3, -0.25) is 9.38 Å². The summed E-state index contributed by atoms with van der Waals surface area (Å²) in [4.78, 5) is 9.24. The lowest BCUT2D eigenvalue weighted by molar-refractivity contribution is 0.296. The fourth-order valence-corrected chi connectivity index (χ4v) is 2.57. The number of hydrogen-bond acceptors (Lipinski definition) is 5. The zero-order valence-electron chi connectivity index (χ0n) is 9.61. The van der Waals surface area contributed by atoms with Gasteiger partial charge in [0.15, 0.2) is 4.96 Å². The molecule has 0 aliphatic carbocycles. The van der Waals surface area contributed by atoms with Gasteiger partial charge in [0, 0.05) is 36.1 Å². The van der Waals surface area contributed by atoms with Crippen LogP contribution >= 0.6 is 11.3 Å². The van der Waals surface area contributed by atoms with E-state index < -0.39 is 0 Å². The number of rotatable bonds is 4. The minimum atomic E-state index is 0.446. The van der Waals surface area contributed by atoms with Gasteiger partial charge in [-0.05, 0) is 6.07 Å². The Labute approximate surface area is 108 Å². The zero-order valence-corrected chi connectivity index (χ0v) is 10.4. The van der Waals surface area contributed by atoms with E-state index in [2.05, 4.69) is 9.97 Å². The molecule has 2 N–H and O–H groups in total. The van der Waals surface area contributed by atoms with Crippen molar-refractivity contribution in [3.05, 3.63) is 47.5 Å². The average Bonchev–Trinajstić information content (AvgIpc) is 3.00. The van der Waals surface area contributed by atoms with Crippen LogP contribution in [0.4, 0.5) is 0 Å². The van der Waals surface area contributed by atoms with E-state index in [-0.39, 0.29) is 0 Å². The summed E-state index contributed by atoms with van der Waals surface area (Å²) in [6.45, 7) is 0.928. The molecule has 3 aromatic rings. The number of imidazole rings is 1. The van der Waals surface area contributed by atoms with E-state index in [9.17, 15) is 0 Å². The molecule has 0 spiro atoms. The van der Waals surface area contributed by atoms with E-state index in [4.69, 9.17) is 10.5 Å². The number of fused-ring (bicyclic) bond motifs is 1. The minimum Gasteiger partial charge on any atom is -0.485 e. The second-order valence-electron chi connectivity index (χ2n) is 3.78. The topological polar surface area (TPSA) is 65.4 Å². The lowest BCUT2D eigenvalue weighted by atomic mass is 10.2. The van der Waals surface area contributed by atoms with Crippen LogP contribution in [0.15, 0.2) is 36.2 Å². The molecule has 0 atom stereocenters. The Bertz CT molecular complexity index is 661. The Kier molecular flexibility index (Phi) is 2.95. The Morgan fingerprint density at radius 3 is 3.22 bits per heavy atom. The molecule has 3 rings (SSSR count). The number of thiazole rings is 1. The van der Waals surface area contributed by atoms with Crippen LogP contribution in [-0.4, -0.2) is 14.4 Å². The number of hydrogen-bond donors (Lipinski definition) is 1. The molecular weight excluding hydrogens is 248 g/mol. The van der Waals surface area contributed by atoms with Crippen molar-refractivity contribution in [3.8, 4) is 5.75 Å². The second-order valence-corrected chi connectivity index (χ2v) is 4.62. The molecule has 0 aliphatic rings. The highest BCUT2D eigenvalue weighted by molar-refractivity contribution is 7.15. The first kappa shape index (κ1) is 11.2. The molecule has 0 amide bonds. The van der Waals surface area contributed by atoms with Crippen LogP contribution < -0.4 is 10.5 Å². The Morgan fingerprint density at radius 1 is 1.39 bits per heavy atom. The third-order valence-corrected chi connectivity index (χ3v) is 3.58. The number of nitrogens with two attached hydrogens (primary N) is 1. The first-order valence-electron chi connectivity index (χ1n) is 5.53. The quantitative estimate of drug-likeness (QED) is 0.777. The number of aromatic nitrogens is 3. The number of ether oxygens (including phenoxy) is 1. The van der Waals surface area contributed by atoms with Gasteiger partial charge in [-0.1, -0.05) is 0 Å². The average molecular weight is 260 g/mol.